The number of carbonyl (C=O) groups is 2. The molecule has 13 heteroatoms. The topological polar surface area (TPSA) is 158 Å². The number of carboxylic acids is 1. The zero-order chi connectivity index (χ0) is 23.8. The third-order valence-electron chi connectivity index (χ3n) is 6.16. The third-order valence-corrected chi connectivity index (χ3v) is 9.02. The Hall–Kier alpha value is -1.67. The van der Waals surface area contributed by atoms with E-state index in [1.54, 1.807) is 13.8 Å². The molecule has 0 aliphatic carbocycles. The highest BCUT2D eigenvalue weighted by Crippen LogP contribution is 2.51. The van der Waals surface area contributed by atoms with Crippen molar-refractivity contribution in [3.63, 3.8) is 0 Å². The van der Waals surface area contributed by atoms with Crippen molar-refractivity contribution in [3.05, 3.63) is 10.6 Å². The van der Waals surface area contributed by atoms with Crippen molar-refractivity contribution in [2.45, 2.75) is 50.6 Å². The molecular formula is C19H30N4O7S2. The summed E-state index contributed by atoms with van der Waals surface area (Å²) >= 11 is 1.42. The van der Waals surface area contributed by atoms with Crippen molar-refractivity contribution < 1.29 is 33.1 Å². The molecule has 3 aliphatic heterocycles. The van der Waals surface area contributed by atoms with Gasteiger partial charge in [0.1, 0.15) is 12.8 Å². The van der Waals surface area contributed by atoms with Gasteiger partial charge in [0.2, 0.25) is 15.9 Å². The van der Waals surface area contributed by atoms with Crippen LogP contribution in [-0.2, 0) is 24.4 Å². The maximum absolute atomic E-state index is 12.5. The van der Waals surface area contributed by atoms with Crippen LogP contribution in [0.25, 0.3) is 0 Å². The number of sulfonamides is 1. The van der Waals surface area contributed by atoms with Gasteiger partial charge in [0.15, 0.2) is 0 Å². The lowest BCUT2D eigenvalue weighted by atomic mass is 9.79. The Balaban J connectivity index is 1.72. The summed E-state index contributed by atoms with van der Waals surface area (Å²) in [5.74, 6) is -2.36. The molecule has 3 heterocycles. The average Bonchev–Trinajstić information content (AvgIpc) is 3.27. The molecule has 0 saturated carbocycles. The summed E-state index contributed by atoms with van der Waals surface area (Å²) in [7, 11) is -2.00. The van der Waals surface area contributed by atoms with E-state index in [4.69, 9.17) is 4.84 Å². The number of aliphatic hydroxyl groups is 1. The predicted octanol–water partition coefficient (Wildman–Crippen LogP) is -0.454. The van der Waals surface area contributed by atoms with Crippen LogP contribution in [0.1, 0.15) is 27.2 Å². The number of hydrogen-bond donors (Lipinski definition) is 4. The number of aliphatic hydroxyl groups excluding tert-OH is 1. The van der Waals surface area contributed by atoms with Gasteiger partial charge in [-0.3, -0.25) is 4.79 Å². The first-order valence-corrected chi connectivity index (χ1v) is 13.0. The number of carbonyl (C=O) groups excluding carboxylic acids is 1. The maximum Gasteiger partial charge on any atom is 0.353 e. The second kappa shape index (κ2) is 9.67. The minimum atomic E-state index is -3.39. The zero-order valence-electron chi connectivity index (χ0n) is 18.4. The number of β-lactam (4-membered cyclic amide) rings is 1. The molecular weight excluding hydrogens is 460 g/mol. The van der Waals surface area contributed by atoms with E-state index in [2.05, 4.69) is 15.2 Å². The Morgan fingerprint density at radius 2 is 2.16 bits per heavy atom. The molecule has 0 unspecified atom stereocenters. The van der Waals surface area contributed by atoms with Crippen LogP contribution in [0, 0.1) is 11.8 Å². The molecule has 1 amide bonds. The molecule has 2 saturated heterocycles. The molecule has 6 atom stereocenters. The van der Waals surface area contributed by atoms with E-state index in [1.807, 2.05) is 6.92 Å². The van der Waals surface area contributed by atoms with Crippen molar-refractivity contribution in [1.82, 2.24) is 14.9 Å². The number of aliphatic carboxylic acids is 1. The molecule has 4 N–H and O–H groups in total. The quantitative estimate of drug-likeness (QED) is 0.181. The molecule has 0 aromatic carbocycles. The van der Waals surface area contributed by atoms with Crippen molar-refractivity contribution in [3.8, 4) is 0 Å². The Kier molecular flexibility index (Phi) is 7.55. The van der Waals surface area contributed by atoms with Crippen LogP contribution in [0.3, 0.4) is 0 Å². The second-order valence-corrected chi connectivity index (χ2v) is 11.6. The van der Waals surface area contributed by atoms with E-state index in [9.17, 15) is 28.2 Å². The minimum Gasteiger partial charge on any atom is -0.477 e. The average molecular weight is 491 g/mol. The molecule has 3 aliphatic rings. The number of nitrogens with zero attached hydrogens (tertiary/aromatic N) is 2. The first kappa shape index (κ1) is 25.0. The summed E-state index contributed by atoms with van der Waals surface area (Å²) in [6, 6.07) is -0.586. The normalized spacial score (nSPS) is 31.5. The van der Waals surface area contributed by atoms with Crippen LogP contribution in [0.2, 0.25) is 0 Å². The maximum atomic E-state index is 12.5. The first-order chi connectivity index (χ1) is 15.0. The highest BCUT2D eigenvalue weighted by molar-refractivity contribution is 8.03. The standard InChI is InChI=1S/C19H30N4O7S2/c1-5-32(28,29)21-8-13(22-30-4)12-6-11(7-20-12)31-17-9(2)15-14(10(3)24)18(25)23(15)16(17)19(26)27/h9-12,14-15,20-21,24H,5-8H2,1-4H3,(H,26,27)/b22-13+/t9-,10-,11+,12+,14-,15-/m1/s1. The fraction of sp³-hybridized carbons (Fsp3) is 0.737. The third kappa shape index (κ3) is 4.67. The molecule has 180 valence electrons. The number of oxime groups is 1. The number of rotatable bonds is 10. The van der Waals surface area contributed by atoms with Gasteiger partial charge >= 0.3 is 5.97 Å². The molecule has 0 radical (unpaired) electrons. The fourth-order valence-corrected chi connectivity index (χ4v) is 6.58. The van der Waals surface area contributed by atoms with E-state index in [1.165, 1.54) is 23.8 Å². The Bertz CT molecular complexity index is 934. The van der Waals surface area contributed by atoms with Gasteiger partial charge in [0, 0.05) is 22.6 Å². The first-order valence-electron chi connectivity index (χ1n) is 10.5. The lowest BCUT2D eigenvalue weighted by Gasteiger charge is -2.46. The molecule has 2 fully saturated rings. The summed E-state index contributed by atoms with van der Waals surface area (Å²) in [4.78, 5) is 31.3. The fourth-order valence-electron chi connectivity index (χ4n) is 4.53. The number of nitrogens with one attached hydrogen (secondary N) is 2. The van der Waals surface area contributed by atoms with Gasteiger partial charge in [-0.25, -0.2) is 17.9 Å². The van der Waals surface area contributed by atoms with Crippen LogP contribution >= 0.6 is 11.8 Å². The van der Waals surface area contributed by atoms with Crippen LogP contribution in [-0.4, -0.2) is 90.5 Å². The number of hydrogen-bond acceptors (Lipinski definition) is 9. The Labute approximate surface area is 191 Å². The van der Waals surface area contributed by atoms with E-state index in [0.29, 0.717) is 23.6 Å². The van der Waals surface area contributed by atoms with Crippen molar-refractivity contribution in [1.29, 1.82) is 0 Å². The van der Waals surface area contributed by atoms with Crippen molar-refractivity contribution in [2.24, 2.45) is 17.0 Å². The molecule has 0 aromatic rings. The summed E-state index contributed by atoms with van der Waals surface area (Å²) in [6.07, 6.45) is -0.259. The summed E-state index contributed by atoms with van der Waals surface area (Å²) in [5.41, 5.74) is 0.507. The van der Waals surface area contributed by atoms with Gasteiger partial charge in [-0.15, -0.1) is 11.8 Å². The van der Waals surface area contributed by atoms with E-state index in [-0.39, 0.29) is 47.2 Å². The number of thioether (sulfide) groups is 1. The molecule has 32 heavy (non-hydrogen) atoms. The van der Waals surface area contributed by atoms with Gasteiger partial charge in [-0.2, -0.15) is 0 Å². The van der Waals surface area contributed by atoms with Crippen molar-refractivity contribution in [2.75, 3.05) is 26.0 Å². The van der Waals surface area contributed by atoms with E-state index in [0.717, 1.165) is 0 Å². The molecule has 3 rings (SSSR count). The predicted molar refractivity (Wildman–Crippen MR) is 119 cm³/mol. The smallest absolute Gasteiger partial charge is 0.353 e. The summed E-state index contributed by atoms with van der Waals surface area (Å²) < 4.78 is 26.0. The summed E-state index contributed by atoms with van der Waals surface area (Å²) in [6.45, 7) is 5.55. The second-order valence-electron chi connectivity index (χ2n) is 8.20. The Morgan fingerprint density at radius 3 is 2.72 bits per heavy atom. The van der Waals surface area contributed by atoms with Gasteiger partial charge in [-0.05, 0) is 20.3 Å². The molecule has 0 aromatic heterocycles. The zero-order valence-corrected chi connectivity index (χ0v) is 20.1. The van der Waals surface area contributed by atoms with Crippen LogP contribution in [0.4, 0.5) is 0 Å². The highest BCUT2D eigenvalue weighted by atomic mass is 32.2. The number of carboxylic acid groups (broad SMARTS) is 1. The van der Waals surface area contributed by atoms with Gasteiger partial charge in [0.05, 0.1) is 42.1 Å². The van der Waals surface area contributed by atoms with Gasteiger partial charge in [-0.1, -0.05) is 12.1 Å². The van der Waals surface area contributed by atoms with Crippen LogP contribution in [0.15, 0.2) is 15.8 Å². The molecule has 0 bridgehead atoms. The van der Waals surface area contributed by atoms with E-state index >= 15 is 0 Å². The largest absolute Gasteiger partial charge is 0.477 e. The summed E-state index contributed by atoms with van der Waals surface area (Å²) in [5, 5.41) is 27.0. The van der Waals surface area contributed by atoms with Crippen LogP contribution in [0.5, 0.6) is 0 Å². The van der Waals surface area contributed by atoms with Gasteiger partial charge < -0.3 is 25.3 Å². The lowest BCUT2D eigenvalue weighted by Crippen LogP contribution is -2.63. The van der Waals surface area contributed by atoms with Crippen LogP contribution < -0.4 is 10.0 Å². The molecule has 11 nitrogen and oxygen atoms in total. The van der Waals surface area contributed by atoms with E-state index < -0.39 is 28.0 Å². The Morgan fingerprint density at radius 1 is 1.47 bits per heavy atom. The monoisotopic (exact) mass is 490 g/mol. The highest BCUT2D eigenvalue weighted by Gasteiger charge is 2.60. The minimum absolute atomic E-state index is 0.000613. The number of amides is 1. The SMILES string of the molecule is CCS(=O)(=O)NC/C(=N\OC)[C@@H]1C[C@H](SC2=C(C(=O)O)N3C(=O)[C@H]([C@@H](C)O)[C@H]3[C@H]2C)CN1. The van der Waals surface area contributed by atoms with Gasteiger partial charge in [0.25, 0.3) is 0 Å². The lowest BCUT2D eigenvalue weighted by molar-refractivity contribution is -0.163. The molecule has 0 spiro atoms. The van der Waals surface area contributed by atoms with Crippen molar-refractivity contribution >= 4 is 39.4 Å². The number of fused-ring (bicyclic) bond motifs is 1.